The first-order valence-electron chi connectivity index (χ1n) is 16.1. The van der Waals surface area contributed by atoms with Gasteiger partial charge in [0.05, 0.1) is 31.3 Å². The molecule has 4 rings (SSSR count). The molecule has 3 aromatic rings. The van der Waals surface area contributed by atoms with Gasteiger partial charge in [-0.25, -0.2) is 29.4 Å². The van der Waals surface area contributed by atoms with Crippen molar-refractivity contribution in [1.29, 1.82) is 0 Å². The van der Waals surface area contributed by atoms with Crippen molar-refractivity contribution < 1.29 is 38.6 Å². The second-order valence-electron chi connectivity index (χ2n) is 12.9. The summed E-state index contributed by atoms with van der Waals surface area (Å²) in [6.07, 6.45) is 0.485. The highest BCUT2D eigenvalue weighted by Gasteiger charge is 2.39. The summed E-state index contributed by atoms with van der Waals surface area (Å²) in [7, 11) is 5.94. The molecule has 282 valence electrons. The molecule has 1 aromatic heterocycles. The van der Waals surface area contributed by atoms with E-state index in [-0.39, 0.29) is 61.7 Å². The molecule has 1 fully saturated rings. The Morgan fingerprint density at radius 3 is 2.06 bits per heavy atom. The number of nitrogens with zero attached hydrogens (tertiary/aromatic N) is 7. The average Bonchev–Trinajstić information content (AvgIpc) is 3.12. The third-order valence-electron chi connectivity index (χ3n) is 8.22. The van der Waals surface area contributed by atoms with E-state index in [9.17, 15) is 29.1 Å². The van der Waals surface area contributed by atoms with E-state index in [1.165, 1.54) is 51.6 Å². The molecule has 1 saturated heterocycles. The van der Waals surface area contributed by atoms with Crippen LogP contribution in [0.4, 0.5) is 38.3 Å². The summed E-state index contributed by atoms with van der Waals surface area (Å²) in [4.78, 5) is 81.6. The molecule has 18 heteroatoms. The number of carbonyl (C=O) groups excluding carboxylic acids is 4. The number of carbonyl (C=O) groups is 5. The molecule has 0 spiro atoms. The Bertz CT molecular complexity index is 1920. The Hall–Kier alpha value is -5.45. The van der Waals surface area contributed by atoms with Gasteiger partial charge in [0.1, 0.15) is 39.5 Å². The zero-order valence-electron chi connectivity index (χ0n) is 30.3. The van der Waals surface area contributed by atoms with Crippen molar-refractivity contribution in [3.05, 3.63) is 64.9 Å². The normalized spacial score (nSPS) is 13.1. The molecule has 0 unspecified atom stereocenters. The van der Waals surface area contributed by atoms with Gasteiger partial charge in [-0.2, -0.15) is 0 Å². The van der Waals surface area contributed by atoms with Crippen molar-refractivity contribution >= 4 is 81.7 Å². The second kappa shape index (κ2) is 16.5. The van der Waals surface area contributed by atoms with Gasteiger partial charge >= 0.3 is 12.1 Å². The summed E-state index contributed by atoms with van der Waals surface area (Å²) in [5.41, 5.74) is -1.24. The van der Waals surface area contributed by atoms with Crippen LogP contribution in [0.3, 0.4) is 0 Å². The first kappa shape index (κ1) is 40.3. The fourth-order valence-electron chi connectivity index (χ4n) is 5.24. The van der Waals surface area contributed by atoms with Crippen LogP contribution in [-0.2, 0) is 9.59 Å². The van der Waals surface area contributed by atoms with Crippen LogP contribution in [0.1, 0.15) is 31.1 Å². The highest BCUT2D eigenvalue weighted by Crippen LogP contribution is 2.47. The fourth-order valence-corrected chi connectivity index (χ4v) is 5.91. The molecule has 0 radical (unpaired) electrons. The number of aromatic nitrogens is 2. The molecule has 2 aromatic carbocycles. The Kier molecular flexibility index (Phi) is 12.5. The molecule has 53 heavy (non-hydrogen) atoms. The number of rotatable bonds is 9. The Balaban J connectivity index is 1.80. The zero-order chi connectivity index (χ0) is 39.4. The van der Waals surface area contributed by atoms with Crippen LogP contribution < -0.4 is 29.5 Å². The predicted molar refractivity (Wildman–Crippen MR) is 201 cm³/mol. The van der Waals surface area contributed by atoms with Crippen LogP contribution in [0.15, 0.2) is 49.3 Å². The van der Waals surface area contributed by atoms with E-state index in [1.54, 1.807) is 25.7 Å². The van der Waals surface area contributed by atoms with Gasteiger partial charge in [0, 0.05) is 56.3 Å². The minimum absolute atomic E-state index is 0.0277. The second-order valence-corrected chi connectivity index (χ2v) is 13.6. The SMILES string of the molecule is C=CC(=O)Nc1cc(C(=O)N2CCN(C)CC2)ccc1N(C(=O)O)c1cc(N(C)C(=O)N(C(=O)C(C)(C)C)c2c(Cl)c(OC)cc(OC)c2Cl)ncn1. The molecule has 0 bridgehead atoms. The number of hydrogen-bond donors (Lipinski definition) is 2. The van der Waals surface area contributed by atoms with E-state index < -0.39 is 29.4 Å². The maximum atomic E-state index is 14.3. The number of imide groups is 1. The van der Waals surface area contributed by atoms with Crippen LogP contribution in [-0.4, -0.2) is 109 Å². The minimum atomic E-state index is -1.53. The maximum absolute atomic E-state index is 14.3. The average molecular weight is 772 g/mol. The summed E-state index contributed by atoms with van der Waals surface area (Å²) in [6, 6.07) is 5.79. The number of likely N-dealkylation sites (N-methyl/N-ethyl adjacent to an activating group) is 1. The number of ether oxygens (including phenoxy) is 2. The van der Waals surface area contributed by atoms with Crippen molar-refractivity contribution in [2.24, 2.45) is 5.41 Å². The summed E-state index contributed by atoms with van der Waals surface area (Å²) >= 11 is 13.3. The smallest absolute Gasteiger partial charge is 0.417 e. The van der Waals surface area contributed by atoms with Gasteiger partial charge in [-0.15, -0.1) is 0 Å². The van der Waals surface area contributed by atoms with E-state index in [0.717, 1.165) is 27.1 Å². The molecule has 16 nitrogen and oxygen atoms in total. The maximum Gasteiger partial charge on any atom is 0.417 e. The van der Waals surface area contributed by atoms with Crippen LogP contribution in [0.2, 0.25) is 10.0 Å². The minimum Gasteiger partial charge on any atom is -0.495 e. The fraction of sp³-hybridized carbons (Fsp3) is 0.343. The van der Waals surface area contributed by atoms with E-state index in [2.05, 4.69) is 26.8 Å². The van der Waals surface area contributed by atoms with Crippen LogP contribution in [0, 0.1) is 5.41 Å². The molecule has 0 saturated carbocycles. The monoisotopic (exact) mass is 770 g/mol. The molecular formula is C35H40Cl2N8O8. The largest absolute Gasteiger partial charge is 0.495 e. The van der Waals surface area contributed by atoms with Crippen LogP contribution in [0.25, 0.3) is 0 Å². The van der Waals surface area contributed by atoms with E-state index in [4.69, 9.17) is 32.7 Å². The van der Waals surface area contributed by atoms with Crippen LogP contribution in [0.5, 0.6) is 11.5 Å². The molecule has 0 aliphatic carbocycles. The molecule has 0 atom stereocenters. The zero-order valence-corrected chi connectivity index (χ0v) is 31.8. The van der Waals surface area contributed by atoms with Gasteiger partial charge in [-0.05, 0) is 31.3 Å². The van der Waals surface area contributed by atoms with E-state index in [1.807, 2.05) is 7.05 Å². The number of anilines is 5. The highest BCUT2D eigenvalue weighted by atomic mass is 35.5. The quantitative estimate of drug-likeness (QED) is 0.253. The van der Waals surface area contributed by atoms with Gasteiger partial charge in [-0.3, -0.25) is 19.3 Å². The summed E-state index contributed by atoms with van der Waals surface area (Å²) in [6.45, 7) is 10.6. The number of piperazine rings is 1. The number of halogens is 2. The molecule has 2 N–H and O–H groups in total. The van der Waals surface area contributed by atoms with Gasteiger partial charge in [0.25, 0.3) is 5.91 Å². The number of nitrogens with one attached hydrogen (secondary N) is 1. The van der Waals surface area contributed by atoms with Gasteiger partial charge < -0.3 is 29.7 Å². The lowest BCUT2D eigenvalue weighted by Gasteiger charge is -2.33. The van der Waals surface area contributed by atoms with Crippen molar-refractivity contribution in [1.82, 2.24) is 19.8 Å². The van der Waals surface area contributed by atoms with E-state index in [0.29, 0.717) is 26.2 Å². The number of methoxy groups -OCH3 is 2. The van der Waals surface area contributed by atoms with Gasteiger partial charge in [-0.1, -0.05) is 50.6 Å². The number of benzene rings is 2. The molecule has 6 amide bonds. The van der Waals surface area contributed by atoms with Crippen molar-refractivity contribution in [2.75, 3.05) is 74.5 Å². The highest BCUT2D eigenvalue weighted by molar-refractivity contribution is 6.43. The Morgan fingerprint density at radius 1 is 0.943 bits per heavy atom. The summed E-state index contributed by atoms with van der Waals surface area (Å²) in [5, 5.41) is 12.7. The molecule has 2 heterocycles. The number of urea groups is 1. The topological polar surface area (TPSA) is 178 Å². The first-order valence-corrected chi connectivity index (χ1v) is 16.8. The third kappa shape index (κ3) is 8.62. The Labute approximate surface area is 316 Å². The predicted octanol–water partition coefficient (Wildman–Crippen LogP) is 5.76. The number of amides is 6. The standard InChI is InChI=1S/C35H40Cl2N8O8/c1-9-27(46)40-21-16-20(31(47)43-14-12-41(5)13-15-43)10-11-22(21)44(34(50)51)26-18-25(38-19-39-26)42(6)33(49)45(32(48)35(2,3)4)30-28(36)23(52-7)17-24(53-8)29(30)37/h9-11,16-19H,1,12-15H2,2-8H3,(H,40,46)(H,50,51). The molecular weight excluding hydrogens is 731 g/mol. The third-order valence-corrected chi connectivity index (χ3v) is 8.95. The first-order chi connectivity index (χ1) is 24.9. The van der Waals surface area contributed by atoms with Crippen molar-refractivity contribution in [3.63, 3.8) is 0 Å². The molecule has 1 aliphatic rings. The van der Waals surface area contributed by atoms with Gasteiger partial charge in [0.2, 0.25) is 11.8 Å². The summed E-state index contributed by atoms with van der Waals surface area (Å²) < 4.78 is 10.7. The number of carboxylic acid groups (broad SMARTS) is 1. The summed E-state index contributed by atoms with van der Waals surface area (Å²) in [5.74, 6) is -1.91. The Morgan fingerprint density at radius 2 is 1.53 bits per heavy atom. The lowest BCUT2D eigenvalue weighted by molar-refractivity contribution is -0.125. The lowest BCUT2D eigenvalue weighted by atomic mass is 9.94. The number of hydrogen-bond acceptors (Lipinski definition) is 10. The van der Waals surface area contributed by atoms with Crippen LogP contribution >= 0.6 is 23.2 Å². The van der Waals surface area contributed by atoms with Crippen molar-refractivity contribution in [3.8, 4) is 11.5 Å². The lowest BCUT2D eigenvalue weighted by Crippen LogP contribution is -2.50. The van der Waals surface area contributed by atoms with Crippen molar-refractivity contribution in [2.45, 2.75) is 20.8 Å². The van der Waals surface area contributed by atoms with Gasteiger partial charge in [0.15, 0.2) is 0 Å². The van der Waals surface area contributed by atoms with E-state index >= 15 is 0 Å². The molecule has 1 aliphatic heterocycles.